The van der Waals surface area contributed by atoms with Gasteiger partial charge in [-0.25, -0.2) is 9.78 Å². The minimum atomic E-state index is -1.03. The summed E-state index contributed by atoms with van der Waals surface area (Å²) in [5.41, 5.74) is 1.15. The number of carbonyl (C=O) groups is 1. The lowest BCUT2D eigenvalue weighted by molar-refractivity contribution is -0.144. The van der Waals surface area contributed by atoms with Crippen LogP contribution >= 0.6 is 15.9 Å². The van der Waals surface area contributed by atoms with Crippen molar-refractivity contribution >= 4 is 39.0 Å². The molecule has 0 bridgehead atoms. The number of aliphatic carboxylic acids is 1. The number of fused-ring (bicyclic) bond motifs is 1. The molecule has 150 valence electrons. The van der Waals surface area contributed by atoms with Crippen LogP contribution < -0.4 is 10.3 Å². The zero-order valence-electron chi connectivity index (χ0n) is 16.0. The molecule has 0 saturated heterocycles. The lowest BCUT2D eigenvalue weighted by Gasteiger charge is -2.10. The standard InChI is InChI=1S/C21H20BrN3O4/c1-3-4-19-24-18-10-7-15(22)11-17(18)20(26)25(19)23-12-14-5-8-16(9-6-14)29-13(2)21(27)28/h5-13H,3-4H2,1-2H3,(H,27,28)/t13-/m1/s1. The van der Waals surface area contributed by atoms with Crippen LogP contribution in [0.1, 0.15) is 31.7 Å². The average molecular weight is 458 g/mol. The molecule has 0 radical (unpaired) electrons. The second kappa shape index (κ2) is 9.00. The Morgan fingerprint density at radius 3 is 2.69 bits per heavy atom. The first-order valence-electron chi connectivity index (χ1n) is 9.14. The number of carboxylic acid groups (broad SMARTS) is 1. The van der Waals surface area contributed by atoms with Gasteiger partial charge in [-0.1, -0.05) is 22.9 Å². The molecule has 1 aromatic heterocycles. The number of halogens is 1. The third-order valence-corrected chi connectivity index (χ3v) is 4.71. The highest BCUT2D eigenvalue weighted by atomic mass is 79.9. The van der Waals surface area contributed by atoms with Crippen molar-refractivity contribution in [2.75, 3.05) is 0 Å². The summed E-state index contributed by atoms with van der Waals surface area (Å²) in [7, 11) is 0. The molecule has 1 N–H and O–H groups in total. The lowest BCUT2D eigenvalue weighted by atomic mass is 10.2. The summed E-state index contributed by atoms with van der Waals surface area (Å²) >= 11 is 3.39. The summed E-state index contributed by atoms with van der Waals surface area (Å²) in [6, 6.07) is 12.2. The van der Waals surface area contributed by atoms with Gasteiger partial charge in [-0.05, 0) is 61.4 Å². The molecule has 3 rings (SSSR count). The number of rotatable bonds is 7. The molecule has 1 heterocycles. The number of nitrogens with zero attached hydrogens (tertiary/aromatic N) is 3. The Labute approximate surface area is 175 Å². The molecule has 3 aromatic rings. The number of benzene rings is 2. The first-order valence-corrected chi connectivity index (χ1v) is 9.93. The van der Waals surface area contributed by atoms with E-state index >= 15 is 0 Å². The predicted octanol–water partition coefficient (Wildman–Crippen LogP) is 3.85. The minimum Gasteiger partial charge on any atom is -0.479 e. The van der Waals surface area contributed by atoms with Gasteiger partial charge < -0.3 is 9.84 Å². The van der Waals surface area contributed by atoms with E-state index in [4.69, 9.17) is 9.84 Å². The van der Waals surface area contributed by atoms with Crippen LogP contribution in [0.3, 0.4) is 0 Å². The Morgan fingerprint density at radius 2 is 2.03 bits per heavy atom. The molecular formula is C21H20BrN3O4. The molecule has 0 aliphatic carbocycles. The van der Waals surface area contributed by atoms with E-state index in [2.05, 4.69) is 26.0 Å². The Morgan fingerprint density at radius 1 is 1.31 bits per heavy atom. The zero-order chi connectivity index (χ0) is 21.0. The van der Waals surface area contributed by atoms with Crippen molar-refractivity contribution in [1.82, 2.24) is 9.66 Å². The van der Waals surface area contributed by atoms with Gasteiger partial charge in [0.15, 0.2) is 6.10 Å². The summed E-state index contributed by atoms with van der Waals surface area (Å²) in [4.78, 5) is 28.4. The van der Waals surface area contributed by atoms with Crippen molar-refractivity contribution in [2.45, 2.75) is 32.8 Å². The van der Waals surface area contributed by atoms with Gasteiger partial charge in [0.1, 0.15) is 11.6 Å². The molecule has 0 amide bonds. The maximum Gasteiger partial charge on any atom is 0.344 e. The van der Waals surface area contributed by atoms with Gasteiger partial charge in [0, 0.05) is 10.9 Å². The van der Waals surface area contributed by atoms with Crippen molar-refractivity contribution in [2.24, 2.45) is 5.10 Å². The quantitative estimate of drug-likeness (QED) is 0.543. The van der Waals surface area contributed by atoms with Crippen molar-refractivity contribution in [3.63, 3.8) is 0 Å². The predicted molar refractivity (Wildman–Crippen MR) is 115 cm³/mol. The maximum atomic E-state index is 12.9. The van der Waals surface area contributed by atoms with E-state index in [9.17, 15) is 9.59 Å². The number of aryl methyl sites for hydroxylation is 1. The fourth-order valence-corrected chi connectivity index (χ4v) is 3.07. The molecule has 8 heteroatoms. The largest absolute Gasteiger partial charge is 0.479 e. The average Bonchev–Trinajstić information content (AvgIpc) is 2.69. The monoisotopic (exact) mass is 457 g/mol. The molecule has 1 atom stereocenters. The van der Waals surface area contributed by atoms with Gasteiger partial charge in [0.05, 0.1) is 17.1 Å². The molecule has 0 aliphatic rings. The summed E-state index contributed by atoms with van der Waals surface area (Å²) in [5, 5.41) is 13.8. The van der Waals surface area contributed by atoms with Crippen molar-refractivity contribution in [3.8, 4) is 5.75 Å². The zero-order valence-corrected chi connectivity index (χ0v) is 17.6. The van der Waals surface area contributed by atoms with Crippen LogP contribution in [0.25, 0.3) is 10.9 Å². The molecule has 29 heavy (non-hydrogen) atoms. The van der Waals surface area contributed by atoms with E-state index in [0.29, 0.717) is 28.9 Å². The molecule has 0 fully saturated rings. The third-order valence-electron chi connectivity index (χ3n) is 4.21. The summed E-state index contributed by atoms with van der Waals surface area (Å²) < 4.78 is 7.44. The van der Waals surface area contributed by atoms with E-state index in [0.717, 1.165) is 16.5 Å². The highest BCUT2D eigenvalue weighted by molar-refractivity contribution is 9.10. The molecule has 2 aromatic carbocycles. The van der Waals surface area contributed by atoms with Gasteiger partial charge in [-0.15, -0.1) is 0 Å². The number of carboxylic acids is 1. The molecule has 7 nitrogen and oxygen atoms in total. The summed E-state index contributed by atoms with van der Waals surface area (Å²) in [6.07, 6.45) is 2.08. The second-order valence-electron chi connectivity index (χ2n) is 6.47. The van der Waals surface area contributed by atoms with Crippen LogP contribution in [0.5, 0.6) is 5.75 Å². The van der Waals surface area contributed by atoms with E-state index in [1.54, 1.807) is 36.5 Å². The number of hydrogen-bond acceptors (Lipinski definition) is 5. The van der Waals surface area contributed by atoms with Crippen LogP contribution in [-0.2, 0) is 11.2 Å². The fraction of sp³-hybridized carbons (Fsp3) is 0.238. The topological polar surface area (TPSA) is 93.8 Å². The molecule has 0 unspecified atom stereocenters. The Balaban J connectivity index is 1.93. The first kappa shape index (κ1) is 20.7. The van der Waals surface area contributed by atoms with Crippen molar-refractivity contribution < 1.29 is 14.6 Å². The molecular weight excluding hydrogens is 438 g/mol. The fourth-order valence-electron chi connectivity index (χ4n) is 2.71. The van der Waals surface area contributed by atoms with Gasteiger partial charge in [0.25, 0.3) is 5.56 Å². The third kappa shape index (κ3) is 4.89. The normalized spacial score (nSPS) is 12.4. The Kier molecular flexibility index (Phi) is 6.43. The van der Waals surface area contributed by atoms with E-state index in [-0.39, 0.29) is 5.56 Å². The Hall–Kier alpha value is -3.00. The van der Waals surface area contributed by atoms with Crippen LogP contribution in [0.2, 0.25) is 0 Å². The highest BCUT2D eigenvalue weighted by Gasteiger charge is 2.12. The van der Waals surface area contributed by atoms with Gasteiger partial charge >= 0.3 is 5.97 Å². The smallest absolute Gasteiger partial charge is 0.344 e. The van der Waals surface area contributed by atoms with Crippen LogP contribution in [0.4, 0.5) is 0 Å². The lowest BCUT2D eigenvalue weighted by Crippen LogP contribution is -2.23. The van der Waals surface area contributed by atoms with E-state index in [1.807, 2.05) is 19.1 Å². The van der Waals surface area contributed by atoms with Gasteiger partial charge in [-0.3, -0.25) is 4.79 Å². The second-order valence-corrected chi connectivity index (χ2v) is 7.38. The van der Waals surface area contributed by atoms with E-state index in [1.165, 1.54) is 11.6 Å². The SMILES string of the molecule is CCCc1nc2ccc(Br)cc2c(=O)n1N=Cc1ccc(O[C@H](C)C(=O)O)cc1. The maximum absolute atomic E-state index is 12.9. The van der Waals surface area contributed by atoms with Crippen LogP contribution in [-0.4, -0.2) is 33.1 Å². The molecule has 0 spiro atoms. The Bertz CT molecular complexity index is 1120. The summed E-state index contributed by atoms with van der Waals surface area (Å²) in [6.45, 7) is 3.48. The molecule has 0 saturated carbocycles. The number of ether oxygens (including phenoxy) is 1. The van der Waals surface area contributed by atoms with Crippen LogP contribution in [0.15, 0.2) is 56.8 Å². The highest BCUT2D eigenvalue weighted by Crippen LogP contribution is 2.17. The number of aromatic nitrogens is 2. The first-order chi connectivity index (χ1) is 13.9. The minimum absolute atomic E-state index is 0.230. The van der Waals surface area contributed by atoms with Crippen LogP contribution in [0, 0.1) is 0 Å². The van der Waals surface area contributed by atoms with Gasteiger partial charge in [0.2, 0.25) is 0 Å². The van der Waals surface area contributed by atoms with Crippen molar-refractivity contribution in [3.05, 3.63) is 68.7 Å². The van der Waals surface area contributed by atoms with Gasteiger partial charge in [-0.2, -0.15) is 9.78 Å². The summed E-state index contributed by atoms with van der Waals surface area (Å²) in [5.74, 6) is 0.00540. The van der Waals surface area contributed by atoms with Crippen molar-refractivity contribution in [1.29, 1.82) is 0 Å². The molecule has 0 aliphatic heterocycles. The number of hydrogen-bond donors (Lipinski definition) is 1. The van der Waals surface area contributed by atoms with E-state index < -0.39 is 12.1 Å².